The summed E-state index contributed by atoms with van der Waals surface area (Å²) in [6.45, 7) is 10.4. The minimum Gasteiger partial charge on any atom is -0.493 e. The van der Waals surface area contributed by atoms with Crippen molar-refractivity contribution in [3.05, 3.63) is 29.3 Å². The molecule has 0 saturated heterocycles. The van der Waals surface area contributed by atoms with Crippen molar-refractivity contribution in [2.75, 3.05) is 13.2 Å². The third-order valence-corrected chi connectivity index (χ3v) is 2.72. The Hall–Kier alpha value is -1.02. The molecule has 0 radical (unpaired) electrons. The topological polar surface area (TPSA) is 21.3 Å². The number of rotatable bonds is 7. The smallest absolute Gasteiger partial charge is 0.122 e. The summed E-state index contributed by atoms with van der Waals surface area (Å²) in [5.41, 5.74) is 2.47. The third kappa shape index (κ3) is 5.73. The molecule has 0 amide bonds. The van der Waals surface area contributed by atoms with Crippen LogP contribution in [0.3, 0.4) is 0 Å². The predicted octanol–water partition coefficient (Wildman–Crippen LogP) is 3.46. The Morgan fingerprint density at radius 1 is 1.18 bits per heavy atom. The van der Waals surface area contributed by atoms with E-state index in [1.54, 1.807) is 0 Å². The summed E-state index contributed by atoms with van der Waals surface area (Å²) in [5, 5.41) is 3.41. The summed E-state index contributed by atoms with van der Waals surface area (Å²) in [7, 11) is 0. The summed E-state index contributed by atoms with van der Waals surface area (Å²) in [6.07, 6.45) is 2.27. The lowest BCUT2D eigenvalue weighted by molar-refractivity contribution is 0.303. The number of nitrogens with one attached hydrogen (secondary N) is 1. The van der Waals surface area contributed by atoms with Crippen molar-refractivity contribution in [2.45, 2.75) is 46.6 Å². The van der Waals surface area contributed by atoms with Crippen molar-refractivity contribution in [2.24, 2.45) is 0 Å². The van der Waals surface area contributed by atoms with E-state index >= 15 is 0 Å². The van der Waals surface area contributed by atoms with Crippen LogP contribution in [0, 0.1) is 13.8 Å². The van der Waals surface area contributed by atoms with Gasteiger partial charge in [-0.15, -0.1) is 0 Å². The highest BCUT2D eigenvalue weighted by Crippen LogP contribution is 2.19. The van der Waals surface area contributed by atoms with E-state index in [0.717, 1.165) is 25.3 Å². The van der Waals surface area contributed by atoms with Crippen LogP contribution in [0.25, 0.3) is 0 Å². The lowest BCUT2D eigenvalue weighted by Gasteiger charge is -2.11. The molecule has 0 aromatic heterocycles. The third-order valence-electron chi connectivity index (χ3n) is 2.72. The number of hydrogen-bond donors (Lipinski definition) is 1. The number of aryl methyl sites for hydroxylation is 2. The Morgan fingerprint density at radius 3 is 2.65 bits per heavy atom. The van der Waals surface area contributed by atoms with E-state index in [4.69, 9.17) is 4.74 Å². The van der Waals surface area contributed by atoms with E-state index in [9.17, 15) is 0 Å². The number of benzene rings is 1. The maximum absolute atomic E-state index is 5.80. The predicted molar refractivity (Wildman–Crippen MR) is 73.8 cm³/mol. The van der Waals surface area contributed by atoms with Crippen molar-refractivity contribution in [1.29, 1.82) is 0 Å². The van der Waals surface area contributed by atoms with Crippen molar-refractivity contribution < 1.29 is 4.74 Å². The molecule has 0 aliphatic carbocycles. The minimum atomic E-state index is 0.579. The fraction of sp³-hybridized carbons (Fsp3) is 0.600. The zero-order valence-corrected chi connectivity index (χ0v) is 11.5. The van der Waals surface area contributed by atoms with Gasteiger partial charge < -0.3 is 10.1 Å². The fourth-order valence-corrected chi connectivity index (χ4v) is 1.66. The molecule has 1 rings (SSSR count). The SMILES string of the molecule is Cc1ccc(C)c(OCCCCNC(C)C)c1. The fourth-order valence-electron chi connectivity index (χ4n) is 1.66. The Kier molecular flexibility index (Phi) is 6.06. The average Bonchev–Trinajstić information content (AvgIpc) is 2.27. The van der Waals surface area contributed by atoms with Crippen LogP contribution in [0.4, 0.5) is 0 Å². The molecule has 0 unspecified atom stereocenters. The van der Waals surface area contributed by atoms with Crippen LogP contribution >= 0.6 is 0 Å². The van der Waals surface area contributed by atoms with E-state index < -0.39 is 0 Å². The van der Waals surface area contributed by atoms with Crippen LogP contribution in [-0.2, 0) is 0 Å². The van der Waals surface area contributed by atoms with Crippen LogP contribution in [0.1, 0.15) is 37.8 Å². The van der Waals surface area contributed by atoms with Gasteiger partial charge in [0.25, 0.3) is 0 Å². The van der Waals surface area contributed by atoms with Gasteiger partial charge in [0.1, 0.15) is 5.75 Å². The summed E-state index contributed by atoms with van der Waals surface area (Å²) in [4.78, 5) is 0. The van der Waals surface area contributed by atoms with Gasteiger partial charge in [0.2, 0.25) is 0 Å². The molecule has 2 nitrogen and oxygen atoms in total. The zero-order valence-electron chi connectivity index (χ0n) is 11.5. The summed E-state index contributed by atoms with van der Waals surface area (Å²) >= 11 is 0. The minimum absolute atomic E-state index is 0.579. The molecule has 0 saturated carbocycles. The molecular formula is C15H25NO. The second-order valence-electron chi connectivity index (χ2n) is 4.93. The lowest BCUT2D eigenvalue weighted by Crippen LogP contribution is -2.23. The lowest BCUT2D eigenvalue weighted by atomic mass is 10.1. The van der Waals surface area contributed by atoms with Crippen LogP contribution in [0.15, 0.2) is 18.2 Å². The second kappa shape index (κ2) is 7.33. The highest BCUT2D eigenvalue weighted by atomic mass is 16.5. The van der Waals surface area contributed by atoms with E-state index in [1.807, 2.05) is 0 Å². The van der Waals surface area contributed by atoms with Crippen LogP contribution < -0.4 is 10.1 Å². The molecular weight excluding hydrogens is 210 g/mol. The summed E-state index contributed by atoms with van der Waals surface area (Å²) in [5.74, 6) is 1.03. The highest BCUT2D eigenvalue weighted by Gasteiger charge is 1.99. The Morgan fingerprint density at radius 2 is 1.94 bits per heavy atom. The number of ether oxygens (including phenoxy) is 1. The second-order valence-corrected chi connectivity index (χ2v) is 4.93. The molecule has 17 heavy (non-hydrogen) atoms. The molecule has 1 aromatic rings. The van der Waals surface area contributed by atoms with Crippen molar-refractivity contribution >= 4 is 0 Å². The molecule has 2 heteroatoms. The quantitative estimate of drug-likeness (QED) is 0.731. The van der Waals surface area contributed by atoms with Gasteiger partial charge in [-0.3, -0.25) is 0 Å². The van der Waals surface area contributed by atoms with Crippen LogP contribution in [0.2, 0.25) is 0 Å². The van der Waals surface area contributed by atoms with Gasteiger partial charge in [-0.05, 0) is 50.4 Å². The molecule has 0 fully saturated rings. The molecule has 96 valence electrons. The first kappa shape index (κ1) is 14.0. The highest BCUT2D eigenvalue weighted by molar-refractivity contribution is 5.35. The van der Waals surface area contributed by atoms with E-state index in [2.05, 4.69) is 51.2 Å². The Balaban J connectivity index is 2.20. The molecule has 0 spiro atoms. The van der Waals surface area contributed by atoms with Gasteiger partial charge in [0.15, 0.2) is 0 Å². The molecule has 1 N–H and O–H groups in total. The first-order valence-electron chi connectivity index (χ1n) is 6.53. The van der Waals surface area contributed by atoms with E-state index in [0.29, 0.717) is 6.04 Å². The Labute approximate surface area is 105 Å². The molecule has 0 atom stereocenters. The van der Waals surface area contributed by atoms with Crippen molar-refractivity contribution in [3.63, 3.8) is 0 Å². The van der Waals surface area contributed by atoms with Crippen LogP contribution in [0.5, 0.6) is 5.75 Å². The summed E-state index contributed by atoms with van der Waals surface area (Å²) in [6, 6.07) is 6.93. The standard InChI is InChI=1S/C15H25NO/c1-12(2)16-9-5-6-10-17-15-11-13(3)7-8-14(15)4/h7-8,11-12,16H,5-6,9-10H2,1-4H3. The number of hydrogen-bond acceptors (Lipinski definition) is 2. The van der Waals surface area contributed by atoms with E-state index in [1.165, 1.54) is 17.5 Å². The Bertz CT molecular complexity index is 334. The van der Waals surface area contributed by atoms with Gasteiger partial charge in [-0.1, -0.05) is 26.0 Å². The summed E-state index contributed by atoms with van der Waals surface area (Å²) < 4.78 is 5.80. The van der Waals surface area contributed by atoms with Crippen molar-refractivity contribution in [3.8, 4) is 5.75 Å². The number of unbranched alkanes of at least 4 members (excludes halogenated alkanes) is 1. The normalized spacial score (nSPS) is 10.9. The monoisotopic (exact) mass is 235 g/mol. The van der Waals surface area contributed by atoms with Gasteiger partial charge in [0, 0.05) is 6.04 Å². The van der Waals surface area contributed by atoms with Crippen LogP contribution in [-0.4, -0.2) is 19.2 Å². The van der Waals surface area contributed by atoms with Gasteiger partial charge >= 0.3 is 0 Å². The maximum atomic E-state index is 5.80. The molecule has 0 aliphatic heterocycles. The first-order chi connectivity index (χ1) is 8.09. The van der Waals surface area contributed by atoms with E-state index in [-0.39, 0.29) is 0 Å². The molecule has 0 aliphatic rings. The van der Waals surface area contributed by atoms with Crippen molar-refractivity contribution in [1.82, 2.24) is 5.32 Å². The molecule has 0 heterocycles. The average molecular weight is 235 g/mol. The molecule has 0 bridgehead atoms. The van der Waals surface area contributed by atoms with Gasteiger partial charge in [-0.2, -0.15) is 0 Å². The largest absolute Gasteiger partial charge is 0.493 e. The molecule has 1 aromatic carbocycles. The first-order valence-corrected chi connectivity index (χ1v) is 6.53. The zero-order chi connectivity index (χ0) is 12.7. The maximum Gasteiger partial charge on any atom is 0.122 e. The van der Waals surface area contributed by atoms with Gasteiger partial charge in [0.05, 0.1) is 6.61 Å². The van der Waals surface area contributed by atoms with Gasteiger partial charge in [-0.25, -0.2) is 0 Å².